The first-order chi connectivity index (χ1) is 12.5. The van der Waals surface area contributed by atoms with Gasteiger partial charge in [0.1, 0.15) is 11.5 Å². The molecule has 0 radical (unpaired) electrons. The predicted octanol–water partition coefficient (Wildman–Crippen LogP) is 4.13. The first-order valence-corrected chi connectivity index (χ1v) is 8.50. The molecule has 0 bridgehead atoms. The van der Waals surface area contributed by atoms with E-state index in [9.17, 15) is 13.6 Å². The van der Waals surface area contributed by atoms with Crippen molar-refractivity contribution in [2.24, 2.45) is 0 Å². The first-order valence-electron chi connectivity index (χ1n) is 8.50. The summed E-state index contributed by atoms with van der Waals surface area (Å²) in [6.07, 6.45) is 2.00. The van der Waals surface area contributed by atoms with Crippen LogP contribution in [0.4, 0.5) is 14.5 Å². The molecule has 1 aliphatic heterocycles. The van der Waals surface area contributed by atoms with E-state index in [1.165, 1.54) is 12.1 Å². The van der Waals surface area contributed by atoms with Gasteiger partial charge in [0.25, 0.3) is 0 Å². The molecule has 0 aliphatic carbocycles. The van der Waals surface area contributed by atoms with E-state index < -0.39 is 6.61 Å². The molecule has 1 aliphatic rings. The molecule has 0 atom stereocenters. The Bertz CT molecular complexity index is 790. The third-order valence-electron chi connectivity index (χ3n) is 4.58. The molecule has 26 heavy (non-hydrogen) atoms. The van der Waals surface area contributed by atoms with E-state index in [1.54, 1.807) is 24.1 Å². The highest BCUT2D eigenvalue weighted by Crippen LogP contribution is 2.38. The van der Waals surface area contributed by atoms with E-state index >= 15 is 0 Å². The normalized spacial score (nSPS) is 13.5. The monoisotopic (exact) mass is 361 g/mol. The molecule has 0 aromatic heterocycles. The second kappa shape index (κ2) is 7.72. The molecule has 6 heteroatoms. The molecule has 0 spiro atoms. The maximum Gasteiger partial charge on any atom is 0.387 e. The van der Waals surface area contributed by atoms with Crippen molar-refractivity contribution in [1.82, 2.24) is 0 Å². The Hall–Kier alpha value is -2.63. The Kier molecular flexibility index (Phi) is 5.40. The smallest absolute Gasteiger partial charge is 0.387 e. The molecule has 1 amide bonds. The van der Waals surface area contributed by atoms with Crippen LogP contribution < -0.4 is 14.4 Å². The molecule has 2 aromatic carbocycles. The third kappa shape index (κ3) is 3.79. The molecule has 138 valence electrons. The molecule has 0 saturated carbocycles. The molecule has 0 saturated heterocycles. The lowest BCUT2D eigenvalue weighted by atomic mass is 9.95. The molecule has 0 fully saturated rings. The number of halogens is 2. The van der Waals surface area contributed by atoms with E-state index in [-0.39, 0.29) is 18.1 Å². The van der Waals surface area contributed by atoms with Gasteiger partial charge in [-0.1, -0.05) is 18.2 Å². The van der Waals surface area contributed by atoms with E-state index in [1.807, 2.05) is 19.1 Å². The summed E-state index contributed by atoms with van der Waals surface area (Å²) in [7, 11) is 1.60. The number of rotatable bonds is 5. The minimum atomic E-state index is -2.86. The predicted molar refractivity (Wildman–Crippen MR) is 95.2 cm³/mol. The van der Waals surface area contributed by atoms with E-state index in [4.69, 9.17) is 4.74 Å². The molecular formula is C20H21F2NO3. The fourth-order valence-electron chi connectivity index (χ4n) is 3.33. The number of ether oxygens (including phenoxy) is 2. The summed E-state index contributed by atoms with van der Waals surface area (Å²) < 4.78 is 34.3. The van der Waals surface area contributed by atoms with Crippen LogP contribution in [0.1, 0.15) is 23.1 Å². The van der Waals surface area contributed by atoms with Crippen LogP contribution in [0.25, 0.3) is 0 Å². The summed E-state index contributed by atoms with van der Waals surface area (Å²) in [5.74, 6) is 0.730. The number of hydrogen-bond acceptors (Lipinski definition) is 3. The quantitative estimate of drug-likeness (QED) is 0.804. The maximum absolute atomic E-state index is 12.9. The Balaban J connectivity index is 1.81. The Morgan fingerprint density at radius 3 is 2.58 bits per heavy atom. The zero-order valence-electron chi connectivity index (χ0n) is 14.8. The second-order valence-corrected chi connectivity index (χ2v) is 6.26. The van der Waals surface area contributed by atoms with Crippen molar-refractivity contribution in [3.05, 3.63) is 53.1 Å². The second-order valence-electron chi connectivity index (χ2n) is 6.26. The van der Waals surface area contributed by atoms with Crippen LogP contribution >= 0.6 is 0 Å². The molecule has 4 nitrogen and oxygen atoms in total. The van der Waals surface area contributed by atoms with Gasteiger partial charge in [0.15, 0.2) is 0 Å². The van der Waals surface area contributed by atoms with Crippen molar-refractivity contribution in [2.75, 3.05) is 18.6 Å². The molecule has 1 heterocycles. The van der Waals surface area contributed by atoms with Gasteiger partial charge in [-0.3, -0.25) is 4.79 Å². The average Bonchev–Trinajstić information content (AvgIpc) is 2.63. The van der Waals surface area contributed by atoms with E-state index in [2.05, 4.69) is 4.74 Å². The van der Waals surface area contributed by atoms with Crippen LogP contribution in [0.15, 0.2) is 36.4 Å². The van der Waals surface area contributed by atoms with Gasteiger partial charge >= 0.3 is 6.61 Å². The summed E-state index contributed by atoms with van der Waals surface area (Å²) >= 11 is 0. The van der Waals surface area contributed by atoms with Gasteiger partial charge in [-0.15, -0.1) is 0 Å². The Labute approximate surface area is 151 Å². The highest BCUT2D eigenvalue weighted by atomic mass is 19.3. The van der Waals surface area contributed by atoms with Crippen LogP contribution in [0.3, 0.4) is 0 Å². The first kappa shape index (κ1) is 18.2. The number of aryl methyl sites for hydroxylation is 1. The highest BCUT2D eigenvalue weighted by molar-refractivity contribution is 5.97. The van der Waals surface area contributed by atoms with Crippen molar-refractivity contribution in [3.8, 4) is 11.5 Å². The van der Waals surface area contributed by atoms with Crippen molar-refractivity contribution in [1.29, 1.82) is 0 Å². The van der Waals surface area contributed by atoms with Gasteiger partial charge in [0.2, 0.25) is 5.91 Å². The number of fused-ring (bicyclic) bond motifs is 1. The fraction of sp³-hybridized carbons (Fsp3) is 0.350. The Morgan fingerprint density at radius 2 is 1.92 bits per heavy atom. The van der Waals surface area contributed by atoms with Crippen LogP contribution in [-0.4, -0.2) is 26.2 Å². The lowest BCUT2D eigenvalue weighted by Gasteiger charge is -2.32. The fourth-order valence-corrected chi connectivity index (χ4v) is 3.33. The van der Waals surface area contributed by atoms with Crippen molar-refractivity contribution < 1.29 is 23.0 Å². The van der Waals surface area contributed by atoms with Crippen LogP contribution in [0.5, 0.6) is 11.5 Å². The number of carbonyl (C=O) groups excluding carboxylic acids is 1. The zero-order valence-corrected chi connectivity index (χ0v) is 14.8. The van der Waals surface area contributed by atoms with Crippen molar-refractivity contribution in [2.45, 2.75) is 32.8 Å². The van der Waals surface area contributed by atoms with Crippen molar-refractivity contribution in [3.63, 3.8) is 0 Å². The maximum atomic E-state index is 12.9. The van der Waals surface area contributed by atoms with Crippen molar-refractivity contribution >= 4 is 11.6 Å². The van der Waals surface area contributed by atoms with Gasteiger partial charge in [-0.05, 0) is 54.7 Å². The number of nitrogens with zero attached hydrogens (tertiary/aromatic N) is 1. The lowest BCUT2D eigenvalue weighted by Crippen LogP contribution is -2.37. The minimum Gasteiger partial charge on any atom is -0.495 e. The van der Waals surface area contributed by atoms with E-state index in [0.717, 1.165) is 35.2 Å². The summed E-state index contributed by atoms with van der Waals surface area (Å²) in [5.41, 5.74) is 3.88. The number of amides is 1. The zero-order chi connectivity index (χ0) is 18.7. The summed E-state index contributed by atoms with van der Waals surface area (Å²) in [4.78, 5) is 14.7. The molecule has 0 N–H and O–H groups in total. The number of alkyl halides is 2. The SMILES string of the molecule is COc1ccc(C)c2c1N(C(=O)Cc1ccc(OC(F)F)cc1)CCC2. The third-order valence-corrected chi connectivity index (χ3v) is 4.58. The Morgan fingerprint density at radius 1 is 1.19 bits per heavy atom. The number of benzene rings is 2. The number of carbonyl (C=O) groups is 1. The summed E-state index contributed by atoms with van der Waals surface area (Å²) in [5, 5.41) is 0. The topological polar surface area (TPSA) is 38.8 Å². The highest BCUT2D eigenvalue weighted by Gasteiger charge is 2.27. The van der Waals surface area contributed by atoms with E-state index in [0.29, 0.717) is 12.3 Å². The number of methoxy groups -OCH3 is 1. The molecule has 0 unspecified atom stereocenters. The van der Waals surface area contributed by atoms with Gasteiger partial charge in [-0.2, -0.15) is 8.78 Å². The van der Waals surface area contributed by atoms with Crippen LogP contribution in [-0.2, 0) is 17.6 Å². The van der Waals surface area contributed by atoms with Gasteiger partial charge in [-0.25, -0.2) is 0 Å². The van der Waals surface area contributed by atoms with Gasteiger partial charge in [0, 0.05) is 6.54 Å². The molecular weight excluding hydrogens is 340 g/mol. The van der Waals surface area contributed by atoms with Gasteiger partial charge < -0.3 is 14.4 Å². The minimum absolute atomic E-state index is 0.0441. The number of hydrogen-bond donors (Lipinski definition) is 0. The molecule has 3 rings (SSSR count). The van der Waals surface area contributed by atoms with Crippen LogP contribution in [0.2, 0.25) is 0 Å². The summed E-state index contributed by atoms with van der Waals surface area (Å²) in [6.45, 7) is -0.185. The van der Waals surface area contributed by atoms with Gasteiger partial charge in [0.05, 0.1) is 19.2 Å². The largest absolute Gasteiger partial charge is 0.495 e. The lowest BCUT2D eigenvalue weighted by molar-refractivity contribution is -0.118. The standard InChI is InChI=1S/C20H21F2NO3/c1-13-5-10-17(25-2)19-16(13)4-3-11-23(19)18(24)12-14-6-8-15(9-7-14)26-20(21)22/h5-10,20H,3-4,11-12H2,1-2H3. The number of anilines is 1. The van der Waals surface area contributed by atoms with Crippen LogP contribution in [0, 0.1) is 6.92 Å². The average molecular weight is 361 g/mol. The summed E-state index contributed by atoms with van der Waals surface area (Å²) in [6, 6.07) is 10.1. The molecule has 2 aromatic rings.